The van der Waals surface area contributed by atoms with Crippen LogP contribution in [0.2, 0.25) is 0 Å². The lowest BCUT2D eigenvalue weighted by Gasteiger charge is -2.16. The molecule has 0 heterocycles. The van der Waals surface area contributed by atoms with Gasteiger partial charge in [-0.3, -0.25) is 9.59 Å². The maximum Gasteiger partial charge on any atom is 0.407 e. The molecule has 7 heteroatoms. The molecule has 2 aliphatic carbocycles. The SMILES string of the molecule is CC(CCNC(=O)OCC1c2ccccc2-c2ccccc21)CCC(=O)N[C@H]1CC[C@@H](C(=O)O)C1. The highest BCUT2D eigenvalue weighted by Gasteiger charge is 2.31. The number of carboxylic acid groups (broad SMARTS) is 1. The molecule has 2 aromatic rings. The van der Waals surface area contributed by atoms with E-state index in [0.29, 0.717) is 38.8 Å². The van der Waals surface area contributed by atoms with Gasteiger partial charge in [0.15, 0.2) is 0 Å². The summed E-state index contributed by atoms with van der Waals surface area (Å²) in [5.74, 6) is -0.846. The fourth-order valence-electron chi connectivity index (χ4n) is 5.23. The lowest BCUT2D eigenvalue weighted by atomic mass is 9.98. The second-order valence-corrected chi connectivity index (χ2v) is 9.80. The van der Waals surface area contributed by atoms with E-state index in [1.807, 2.05) is 24.3 Å². The molecule has 0 bridgehead atoms. The van der Waals surface area contributed by atoms with Crippen molar-refractivity contribution in [3.8, 4) is 11.1 Å². The van der Waals surface area contributed by atoms with Crippen LogP contribution in [0.3, 0.4) is 0 Å². The molecular weight excluding hydrogens is 444 g/mol. The van der Waals surface area contributed by atoms with E-state index in [1.54, 1.807) is 0 Å². The molecule has 4 rings (SSSR count). The number of carbonyl (C=O) groups excluding carboxylic acids is 2. The first-order valence-corrected chi connectivity index (χ1v) is 12.5. The summed E-state index contributed by atoms with van der Waals surface area (Å²) < 4.78 is 5.56. The summed E-state index contributed by atoms with van der Waals surface area (Å²) in [5.41, 5.74) is 4.77. The van der Waals surface area contributed by atoms with Gasteiger partial charge in [0.25, 0.3) is 0 Å². The fourth-order valence-corrected chi connectivity index (χ4v) is 5.23. The largest absolute Gasteiger partial charge is 0.481 e. The van der Waals surface area contributed by atoms with Crippen LogP contribution in [0, 0.1) is 11.8 Å². The van der Waals surface area contributed by atoms with Gasteiger partial charge in [-0.2, -0.15) is 0 Å². The number of amides is 2. The van der Waals surface area contributed by atoms with Crippen molar-refractivity contribution in [1.29, 1.82) is 0 Å². The Kier molecular flexibility index (Phi) is 8.06. The summed E-state index contributed by atoms with van der Waals surface area (Å²) in [6, 6.07) is 16.5. The first-order chi connectivity index (χ1) is 16.9. The van der Waals surface area contributed by atoms with Gasteiger partial charge in [0.2, 0.25) is 5.91 Å². The predicted octanol–water partition coefficient (Wildman–Crippen LogP) is 4.70. The Balaban J connectivity index is 1.13. The summed E-state index contributed by atoms with van der Waals surface area (Å²) in [6.45, 7) is 2.84. The van der Waals surface area contributed by atoms with E-state index in [2.05, 4.69) is 41.8 Å². The number of benzene rings is 2. The molecule has 1 unspecified atom stereocenters. The third-order valence-corrected chi connectivity index (χ3v) is 7.26. The van der Waals surface area contributed by atoms with Crippen molar-refractivity contribution in [1.82, 2.24) is 10.6 Å². The van der Waals surface area contributed by atoms with Crippen molar-refractivity contribution in [3.05, 3.63) is 59.7 Å². The Bertz CT molecular complexity index is 1020. The maximum atomic E-state index is 12.3. The average Bonchev–Trinajstić information content (AvgIpc) is 3.44. The highest BCUT2D eigenvalue weighted by Crippen LogP contribution is 2.44. The van der Waals surface area contributed by atoms with Crippen LogP contribution in [-0.4, -0.2) is 42.3 Å². The minimum absolute atomic E-state index is 0.0302. The highest BCUT2D eigenvalue weighted by atomic mass is 16.5. The number of fused-ring (bicyclic) bond motifs is 3. The van der Waals surface area contributed by atoms with Gasteiger partial charge in [-0.15, -0.1) is 0 Å². The molecule has 35 heavy (non-hydrogen) atoms. The normalized spacial score (nSPS) is 19.5. The first kappa shape index (κ1) is 24.8. The van der Waals surface area contributed by atoms with Crippen molar-refractivity contribution in [3.63, 3.8) is 0 Å². The molecule has 3 N–H and O–H groups in total. The molecule has 2 aliphatic rings. The predicted molar refractivity (Wildman–Crippen MR) is 133 cm³/mol. The van der Waals surface area contributed by atoms with Crippen LogP contribution < -0.4 is 10.6 Å². The van der Waals surface area contributed by atoms with Crippen molar-refractivity contribution in [2.24, 2.45) is 11.8 Å². The van der Waals surface area contributed by atoms with Crippen LogP contribution in [0.1, 0.15) is 62.5 Å². The number of nitrogens with one attached hydrogen (secondary N) is 2. The number of alkyl carbamates (subject to hydrolysis) is 1. The van der Waals surface area contributed by atoms with Crippen LogP contribution in [-0.2, 0) is 14.3 Å². The van der Waals surface area contributed by atoms with E-state index < -0.39 is 12.1 Å². The monoisotopic (exact) mass is 478 g/mol. The molecule has 1 fully saturated rings. The van der Waals surface area contributed by atoms with Crippen molar-refractivity contribution >= 4 is 18.0 Å². The molecule has 2 amide bonds. The lowest BCUT2D eigenvalue weighted by molar-refractivity contribution is -0.141. The van der Waals surface area contributed by atoms with Crippen LogP contribution in [0.4, 0.5) is 4.79 Å². The standard InChI is InChI=1S/C28H34N2O5/c1-18(10-13-26(31)30-20-12-11-19(16-20)27(32)33)14-15-29-28(34)35-17-25-23-8-4-2-6-21(23)22-7-3-5-9-24(22)25/h2-9,18-20,25H,10-17H2,1H3,(H,29,34)(H,30,31)(H,32,33)/t18?,19-,20+/m1/s1. The zero-order valence-corrected chi connectivity index (χ0v) is 20.2. The third-order valence-electron chi connectivity index (χ3n) is 7.26. The quantitative estimate of drug-likeness (QED) is 0.459. The number of aliphatic carboxylic acids is 1. The molecular formula is C28H34N2O5. The third kappa shape index (κ3) is 6.21. The van der Waals surface area contributed by atoms with E-state index >= 15 is 0 Å². The zero-order valence-electron chi connectivity index (χ0n) is 20.2. The lowest BCUT2D eigenvalue weighted by Crippen LogP contribution is -2.33. The molecule has 0 aromatic heterocycles. The molecule has 3 atom stereocenters. The zero-order chi connectivity index (χ0) is 24.8. The topological polar surface area (TPSA) is 105 Å². The number of carbonyl (C=O) groups is 3. The summed E-state index contributed by atoms with van der Waals surface area (Å²) in [6.07, 6.45) is 3.31. The molecule has 186 valence electrons. The van der Waals surface area contributed by atoms with Crippen LogP contribution in [0.5, 0.6) is 0 Å². The highest BCUT2D eigenvalue weighted by molar-refractivity contribution is 5.79. The maximum absolute atomic E-state index is 12.3. The molecule has 0 saturated heterocycles. The number of ether oxygens (including phenoxy) is 1. The van der Waals surface area contributed by atoms with Crippen LogP contribution in [0.15, 0.2) is 48.5 Å². The van der Waals surface area contributed by atoms with Crippen LogP contribution >= 0.6 is 0 Å². The second-order valence-electron chi connectivity index (χ2n) is 9.80. The van der Waals surface area contributed by atoms with Crippen molar-refractivity contribution in [2.75, 3.05) is 13.2 Å². The number of hydrogen-bond acceptors (Lipinski definition) is 4. The Labute approximate surface area is 206 Å². The number of rotatable bonds is 10. The molecule has 2 aromatic carbocycles. The van der Waals surface area contributed by atoms with Crippen molar-refractivity contribution in [2.45, 2.75) is 57.4 Å². The molecule has 0 spiro atoms. The number of carboxylic acids is 1. The summed E-state index contributed by atoms with van der Waals surface area (Å²) in [7, 11) is 0. The minimum atomic E-state index is -0.778. The minimum Gasteiger partial charge on any atom is -0.481 e. The average molecular weight is 479 g/mol. The van der Waals surface area contributed by atoms with Gasteiger partial charge < -0.3 is 20.5 Å². The van der Waals surface area contributed by atoms with E-state index in [-0.39, 0.29) is 29.7 Å². The van der Waals surface area contributed by atoms with Gasteiger partial charge in [-0.25, -0.2) is 4.79 Å². The first-order valence-electron chi connectivity index (χ1n) is 12.5. The molecule has 7 nitrogen and oxygen atoms in total. The van der Waals surface area contributed by atoms with E-state index in [9.17, 15) is 14.4 Å². The number of hydrogen-bond donors (Lipinski definition) is 3. The molecule has 0 radical (unpaired) electrons. The van der Waals surface area contributed by atoms with Gasteiger partial charge in [-0.1, -0.05) is 55.5 Å². The van der Waals surface area contributed by atoms with Crippen molar-refractivity contribution < 1.29 is 24.2 Å². The van der Waals surface area contributed by atoms with Gasteiger partial charge >= 0.3 is 12.1 Å². The molecule has 0 aliphatic heterocycles. The Morgan fingerprint density at radius 3 is 2.29 bits per heavy atom. The van der Waals surface area contributed by atoms with Gasteiger partial charge in [0.1, 0.15) is 6.61 Å². The van der Waals surface area contributed by atoms with Gasteiger partial charge in [0.05, 0.1) is 5.92 Å². The van der Waals surface area contributed by atoms with E-state index in [1.165, 1.54) is 22.3 Å². The van der Waals surface area contributed by atoms with E-state index in [0.717, 1.165) is 12.8 Å². The fraction of sp³-hybridized carbons (Fsp3) is 0.464. The second kappa shape index (κ2) is 11.4. The summed E-state index contributed by atoms with van der Waals surface area (Å²) in [4.78, 5) is 35.6. The van der Waals surface area contributed by atoms with Gasteiger partial charge in [-0.05, 0) is 60.3 Å². The smallest absolute Gasteiger partial charge is 0.407 e. The van der Waals surface area contributed by atoms with E-state index in [4.69, 9.17) is 9.84 Å². The molecule has 1 saturated carbocycles. The summed E-state index contributed by atoms with van der Waals surface area (Å²) in [5, 5.41) is 14.9. The Morgan fingerprint density at radius 2 is 1.66 bits per heavy atom. The Morgan fingerprint density at radius 1 is 1.00 bits per heavy atom. The summed E-state index contributed by atoms with van der Waals surface area (Å²) >= 11 is 0. The van der Waals surface area contributed by atoms with Gasteiger partial charge in [0, 0.05) is 24.9 Å². The Hall–Kier alpha value is -3.35. The van der Waals surface area contributed by atoms with Crippen LogP contribution in [0.25, 0.3) is 11.1 Å².